The van der Waals surface area contributed by atoms with Crippen LogP contribution in [-0.4, -0.2) is 5.78 Å². The Labute approximate surface area is 125 Å². The second kappa shape index (κ2) is 7.09. The van der Waals surface area contributed by atoms with E-state index in [4.69, 9.17) is 0 Å². The van der Waals surface area contributed by atoms with Crippen molar-refractivity contribution in [1.82, 2.24) is 0 Å². The highest BCUT2D eigenvalue weighted by molar-refractivity contribution is 5.94. The lowest BCUT2D eigenvalue weighted by atomic mass is 9.81. The summed E-state index contributed by atoms with van der Waals surface area (Å²) in [7, 11) is 0. The maximum Gasteiger partial charge on any atom is 0.145 e. The van der Waals surface area contributed by atoms with Crippen LogP contribution in [-0.2, 0) is 4.79 Å². The van der Waals surface area contributed by atoms with Crippen LogP contribution in [0.2, 0.25) is 0 Å². The van der Waals surface area contributed by atoms with Gasteiger partial charge in [-0.1, -0.05) is 65.2 Å². The fourth-order valence-corrected chi connectivity index (χ4v) is 3.83. The molecular formula is C19H34O. The van der Waals surface area contributed by atoms with Gasteiger partial charge in [-0.3, -0.25) is 4.79 Å². The molecule has 0 N–H and O–H groups in total. The van der Waals surface area contributed by atoms with Crippen molar-refractivity contribution in [2.24, 2.45) is 10.8 Å². The van der Waals surface area contributed by atoms with Crippen LogP contribution in [0.5, 0.6) is 0 Å². The van der Waals surface area contributed by atoms with Crippen LogP contribution in [0.4, 0.5) is 0 Å². The SMILES string of the molecule is CCCCCCC1(C(=O)C2(CCCCCC)CC2)CC1. The highest BCUT2D eigenvalue weighted by Gasteiger charge is 2.60. The van der Waals surface area contributed by atoms with E-state index in [-0.39, 0.29) is 10.8 Å². The van der Waals surface area contributed by atoms with E-state index in [1.165, 1.54) is 89.9 Å². The summed E-state index contributed by atoms with van der Waals surface area (Å²) in [6.07, 6.45) is 17.7. The highest BCUT2D eigenvalue weighted by atomic mass is 16.1. The molecule has 0 bridgehead atoms. The summed E-state index contributed by atoms with van der Waals surface area (Å²) in [5.74, 6) is 0.693. The maximum absolute atomic E-state index is 12.9. The Kier molecular flexibility index (Phi) is 5.69. The number of ketones is 1. The van der Waals surface area contributed by atoms with Gasteiger partial charge in [0.05, 0.1) is 0 Å². The van der Waals surface area contributed by atoms with Crippen LogP contribution in [0, 0.1) is 10.8 Å². The van der Waals surface area contributed by atoms with Gasteiger partial charge in [0.2, 0.25) is 0 Å². The number of carbonyl (C=O) groups is 1. The van der Waals surface area contributed by atoms with Gasteiger partial charge in [0.1, 0.15) is 5.78 Å². The van der Waals surface area contributed by atoms with Gasteiger partial charge in [0.15, 0.2) is 0 Å². The van der Waals surface area contributed by atoms with E-state index in [0.29, 0.717) is 5.78 Å². The Morgan fingerprint density at radius 1 is 0.700 bits per heavy atom. The van der Waals surface area contributed by atoms with Gasteiger partial charge in [-0.25, -0.2) is 0 Å². The van der Waals surface area contributed by atoms with Crippen molar-refractivity contribution in [3.8, 4) is 0 Å². The number of unbranched alkanes of at least 4 members (excludes halogenated alkanes) is 6. The molecule has 2 rings (SSSR count). The van der Waals surface area contributed by atoms with Crippen LogP contribution < -0.4 is 0 Å². The second-order valence-corrected chi connectivity index (χ2v) is 7.51. The van der Waals surface area contributed by atoms with E-state index in [2.05, 4.69) is 13.8 Å². The third-order valence-electron chi connectivity index (χ3n) is 5.69. The lowest BCUT2D eigenvalue weighted by Gasteiger charge is -2.21. The molecule has 2 fully saturated rings. The minimum Gasteiger partial charge on any atom is -0.298 e. The smallest absolute Gasteiger partial charge is 0.145 e. The van der Waals surface area contributed by atoms with Gasteiger partial charge in [-0.15, -0.1) is 0 Å². The van der Waals surface area contributed by atoms with Gasteiger partial charge < -0.3 is 0 Å². The topological polar surface area (TPSA) is 17.1 Å². The first-order chi connectivity index (χ1) is 9.69. The summed E-state index contributed by atoms with van der Waals surface area (Å²) in [5.41, 5.74) is 0.323. The molecule has 0 aromatic carbocycles. The first-order valence-corrected chi connectivity index (χ1v) is 9.24. The summed E-state index contributed by atoms with van der Waals surface area (Å²) in [5, 5.41) is 0. The Hall–Kier alpha value is -0.330. The molecule has 0 amide bonds. The normalized spacial score (nSPS) is 21.7. The van der Waals surface area contributed by atoms with Crippen LogP contribution in [0.25, 0.3) is 0 Å². The molecule has 1 heteroatoms. The monoisotopic (exact) mass is 278 g/mol. The predicted molar refractivity (Wildman–Crippen MR) is 85.9 cm³/mol. The molecule has 0 atom stereocenters. The van der Waals surface area contributed by atoms with E-state index in [0.717, 1.165) is 0 Å². The lowest BCUT2D eigenvalue weighted by Crippen LogP contribution is -2.26. The van der Waals surface area contributed by atoms with Crippen LogP contribution in [0.15, 0.2) is 0 Å². The first-order valence-electron chi connectivity index (χ1n) is 9.24. The summed E-state index contributed by atoms with van der Waals surface area (Å²) in [6, 6.07) is 0. The van der Waals surface area contributed by atoms with Crippen molar-refractivity contribution in [3.05, 3.63) is 0 Å². The molecule has 2 aliphatic carbocycles. The summed E-state index contributed by atoms with van der Waals surface area (Å²) in [6.45, 7) is 4.51. The average molecular weight is 278 g/mol. The second-order valence-electron chi connectivity index (χ2n) is 7.51. The minimum atomic E-state index is 0.162. The minimum absolute atomic E-state index is 0.162. The third-order valence-corrected chi connectivity index (χ3v) is 5.69. The largest absolute Gasteiger partial charge is 0.298 e. The molecule has 0 heterocycles. The van der Waals surface area contributed by atoms with Crippen molar-refractivity contribution in [3.63, 3.8) is 0 Å². The zero-order valence-electron chi connectivity index (χ0n) is 13.8. The Balaban J connectivity index is 1.75. The van der Waals surface area contributed by atoms with Crippen molar-refractivity contribution < 1.29 is 4.79 Å². The van der Waals surface area contributed by atoms with E-state index in [1.54, 1.807) is 0 Å². The quantitative estimate of drug-likeness (QED) is 0.397. The van der Waals surface area contributed by atoms with Crippen LogP contribution in [0.3, 0.4) is 0 Å². The molecule has 0 aliphatic heterocycles. The summed E-state index contributed by atoms with van der Waals surface area (Å²) in [4.78, 5) is 12.9. The van der Waals surface area contributed by atoms with Crippen molar-refractivity contribution in [2.45, 2.75) is 104 Å². The van der Waals surface area contributed by atoms with Gasteiger partial charge in [-0.05, 0) is 38.5 Å². The molecule has 0 radical (unpaired) electrons. The molecule has 0 saturated heterocycles. The van der Waals surface area contributed by atoms with Gasteiger partial charge in [0, 0.05) is 10.8 Å². The Bertz CT molecular complexity index is 280. The zero-order chi connectivity index (χ0) is 14.5. The maximum atomic E-state index is 12.9. The molecule has 20 heavy (non-hydrogen) atoms. The van der Waals surface area contributed by atoms with Gasteiger partial charge in [0.25, 0.3) is 0 Å². The van der Waals surface area contributed by atoms with Crippen molar-refractivity contribution >= 4 is 5.78 Å². The molecule has 2 saturated carbocycles. The van der Waals surface area contributed by atoms with Crippen LogP contribution in [0.1, 0.15) is 104 Å². The Morgan fingerprint density at radius 2 is 1.10 bits per heavy atom. The highest BCUT2D eigenvalue weighted by Crippen LogP contribution is 2.62. The van der Waals surface area contributed by atoms with E-state index < -0.39 is 0 Å². The lowest BCUT2D eigenvalue weighted by molar-refractivity contribution is -0.130. The number of Topliss-reactive ketones (excluding diaryl/α,β-unsaturated/α-hetero) is 1. The molecule has 0 aromatic rings. The predicted octanol–water partition coefficient (Wildman–Crippen LogP) is 6.06. The summed E-state index contributed by atoms with van der Waals surface area (Å²) >= 11 is 0. The van der Waals surface area contributed by atoms with Gasteiger partial charge in [-0.2, -0.15) is 0 Å². The molecule has 1 nitrogen and oxygen atoms in total. The van der Waals surface area contributed by atoms with E-state index in [1.807, 2.05) is 0 Å². The first kappa shape index (κ1) is 16.0. The molecule has 116 valence electrons. The van der Waals surface area contributed by atoms with E-state index >= 15 is 0 Å². The average Bonchev–Trinajstić information content (AvgIpc) is 3.35. The number of rotatable bonds is 12. The van der Waals surface area contributed by atoms with Crippen molar-refractivity contribution in [1.29, 1.82) is 0 Å². The molecular weight excluding hydrogens is 244 g/mol. The fraction of sp³-hybridized carbons (Fsp3) is 0.947. The fourth-order valence-electron chi connectivity index (χ4n) is 3.83. The third kappa shape index (κ3) is 3.86. The number of hydrogen-bond acceptors (Lipinski definition) is 1. The molecule has 0 aromatic heterocycles. The number of carbonyl (C=O) groups excluding carboxylic acids is 1. The Morgan fingerprint density at radius 3 is 1.40 bits per heavy atom. The number of hydrogen-bond donors (Lipinski definition) is 0. The van der Waals surface area contributed by atoms with Crippen LogP contribution >= 0.6 is 0 Å². The van der Waals surface area contributed by atoms with Gasteiger partial charge >= 0.3 is 0 Å². The zero-order valence-corrected chi connectivity index (χ0v) is 13.8. The molecule has 0 unspecified atom stereocenters. The summed E-state index contributed by atoms with van der Waals surface area (Å²) < 4.78 is 0. The van der Waals surface area contributed by atoms with Crippen molar-refractivity contribution in [2.75, 3.05) is 0 Å². The molecule has 2 aliphatic rings. The van der Waals surface area contributed by atoms with E-state index in [9.17, 15) is 4.79 Å². The molecule has 0 spiro atoms. The standard InChI is InChI=1S/C19H34O/c1-3-5-7-9-11-18(13-14-18)17(20)19(15-16-19)12-10-8-6-4-2/h3-16H2,1-2H3.